The molecule has 26 heavy (non-hydrogen) atoms. The van der Waals surface area contributed by atoms with Crippen LogP contribution in [0.25, 0.3) is 5.69 Å². The molecule has 0 spiro atoms. The molecule has 6 nitrogen and oxygen atoms in total. The van der Waals surface area contributed by atoms with Crippen molar-refractivity contribution in [3.05, 3.63) is 41.6 Å². The summed E-state index contributed by atoms with van der Waals surface area (Å²) in [4.78, 5) is 14.4. The minimum atomic E-state index is -0.137. The third-order valence-corrected chi connectivity index (χ3v) is 4.88. The number of aromatic nitrogens is 2. The average molecular weight is 356 g/mol. The number of aryl methyl sites for hydroxylation is 1. The van der Waals surface area contributed by atoms with E-state index in [0.717, 1.165) is 48.6 Å². The van der Waals surface area contributed by atoms with Crippen molar-refractivity contribution in [2.24, 2.45) is 0 Å². The first-order valence-corrected chi connectivity index (χ1v) is 9.37. The topological polar surface area (TPSA) is 59.4 Å². The monoisotopic (exact) mass is 356 g/mol. The maximum Gasteiger partial charge on any atom is 0.322 e. The van der Waals surface area contributed by atoms with Crippen molar-refractivity contribution in [2.45, 2.75) is 45.6 Å². The highest BCUT2D eigenvalue weighted by molar-refractivity contribution is 5.89. The minimum Gasteiger partial charge on any atom is -0.376 e. The zero-order valence-electron chi connectivity index (χ0n) is 15.9. The Morgan fingerprint density at radius 2 is 2.12 bits per heavy atom. The van der Waals surface area contributed by atoms with E-state index in [4.69, 9.17) is 4.74 Å². The van der Waals surface area contributed by atoms with Crippen molar-refractivity contribution in [1.29, 1.82) is 0 Å². The molecule has 1 N–H and O–H groups in total. The number of likely N-dealkylation sites (N-methyl/N-ethyl adjacent to an activating group) is 1. The average Bonchev–Trinajstić information content (AvgIpc) is 2.99. The maximum atomic E-state index is 12.7. The van der Waals surface area contributed by atoms with E-state index in [1.807, 2.05) is 49.0 Å². The number of nitrogens with one attached hydrogen (secondary N) is 1. The van der Waals surface area contributed by atoms with Gasteiger partial charge in [0, 0.05) is 25.8 Å². The van der Waals surface area contributed by atoms with Gasteiger partial charge in [-0.25, -0.2) is 9.48 Å². The van der Waals surface area contributed by atoms with Crippen molar-refractivity contribution < 1.29 is 9.53 Å². The minimum absolute atomic E-state index is 0.130. The molecule has 0 aliphatic carbocycles. The van der Waals surface area contributed by atoms with Gasteiger partial charge < -0.3 is 9.64 Å². The van der Waals surface area contributed by atoms with E-state index >= 15 is 0 Å². The number of rotatable bonds is 5. The Hall–Kier alpha value is -2.34. The quantitative estimate of drug-likeness (QED) is 0.887. The molecule has 1 aromatic carbocycles. The van der Waals surface area contributed by atoms with Gasteiger partial charge in [0.25, 0.3) is 0 Å². The van der Waals surface area contributed by atoms with Gasteiger partial charge in [0.2, 0.25) is 0 Å². The summed E-state index contributed by atoms with van der Waals surface area (Å²) in [6.45, 7) is 5.47. The smallest absolute Gasteiger partial charge is 0.322 e. The fourth-order valence-electron chi connectivity index (χ4n) is 3.32. The summed E-state index contributed by atoms with van der Waals surface area (Å²) in [7, 11) is 1.81. The highest BCUT2D eigenvalue weighted by atomic mass is 16.5. The van der Waals surface area contributed by atoms with E-state index in [2.05, 4.69) is 17.3 Å². The summed E-state index contributed by atoms with van der Waals surface area (Å²) in [6.07, 6.45) is 4.24. The zero-order valence-corrected chi connectivity index (χ0v) is 15.9. The number of ether oxygens (including phenoxy) is 1. The van der Waals surface area contributed by atoms with E-state index in [1.165, 1.54) is 6.42 Å². The Morgan fingerprint density at radius 1 is 1.35 bits per heavy atom. The first-order chi connectivity index (χ1) is 12.6. The van der Waals surface area contributed by atoms with Crippen LogP contribution in [0.2, 0.25) is 0 Å². The van der Waals surface area contributed by atoms with Gasteiger partial charge in [-0.1, -0.05) is 25.1 Å². The van der Waals surface area contributed by atoms with Crippen molar-refractivity contribution in [1.82, 2.24) is 14.7 Å². The molecule has 6 heteroatoms. The fraction of sp³-hybridized carbons (Fsp3) is 0.500. The first-order valence-electron chi connectivity index (χ1n) is 9.37. The van der Waals surface area contributed by atoms with Crippen LogP contribution in [0.15, 0.2) is 30.3 Å². The summed E-state index contributed by atoms with van der Waals surface area (Å²) in [6, 6.07) is 9.74. The lowest BCUT2D eigenvalue weighted by atomic mass is 10.1. The van der Waals surface area contributed by atoms with Crippen molar-refractivity contribution in [2.75, 3.05) is 25.5 Å². The van der Waals surface area contributed by atoms with Gasteiger partial charge in [0.1, 0.15) is 5.82 Å². The summed E-state index contributed by atoms with van der Waals surface area (Å²) >= 11 is 0. The molecule has 1 fully saturated rings. The maximum absolute atomic E-state index is 12.7. The fourth-order valence-corrected chi connectivity index (χ4v) is 3.32. The lowest BCUT2D eigenvalue weighted by Crippen LogP contribution is -2.39. The van der Waals surface area contributed by atoms with Crippen LogP contribution < -0.4 is 5.32 Å². The highest BCUT2D eigenvalue weighted by Crippen LogP contribution is 2.24. The molecule has 1 atom stereocenters. The number of amides is 2. The molecule has 2 amide bonds. The number of hydrogen-bond acceptors (Lipinski definition) is 3. The van der Waals surface area contributed by atoms with Crippen LogP contribution in [-0.4, -0.2) is 47.0 Å². The molecule has 2 aromatic rings. The summed E-state index contributed by atoms with van der Waals surface area (Å²) in [5, 5.41) is 7.74. The number of benzene rings is 1. The predicted octanol–water partition coefficient (Wildman–Crippen LogP) is 3.78. The van der Waals surface area contributed by atoms with Gasteiger partial charge in [-0.05, 0) is 44.7 Å². The molecular weight excluding hydrogens is 328 g/mol. The van der Waals surface area contributed by atoms with Crippen LogP contribution in [0, 0.1) is 6.92 Å². The summed E-state index contributed by atoms with van der Waals surface area (Å²) in [5.74, 6) is 0.731. The molecule has 0 bridgehead atoms. The molecule has 1 aromatic heterocycles. The molecule has 140 valence electrons. The van der Waals surface area contributed by atoms with Crippen LogP contribution in [0.5, 0.6) is 0 Å². The molecule has 1 saturated heterocycles. The lowest BCUT2D eigenvalue weighted by molar-refractivity contribution is 0.00463. The largest absolute Gasteiger partial charge is 0.376 e. The van der Waals surface area contributed by atoms with Gasteiger partial charge in [-0.15, -0.1) is 0 Å². The van der Waals surface area contributed by atoms with Gasteiger partial charge in [0.15, 0.2) is 0 Å². The molecule has 3 rings (SSSR count). The lowest BCUT2D eigenvalue weighted by Gasteiger charge is -2.27. The first kappa shape index (κ1) is 18.5. The van der Waals surface area contributed by atoms with Crippen LogP contribution in [-0.2, 0) is 11.2 Å². The number of hydrogen-bond donors (Lipinski definition) is 1. The van der Waals surface area contributed by atoms with E-state index < -0.39 is 0 Å². The zero-order chi connectivity index (χ0) is 18.5. The molecule has 2 heterocycles. The number of nitrogens with zero attached hydrogens (tertiary/aromatic N) is 3. The SMILES string of the molecule is CCc1nn(-c2ccccc2)c(NC(=O)N(C)C[C@H]2CCCCO2)c1C. The third-order valence-electron chi connectivity index (χ3n) is 4.88. The van der Waals surface area contributed by atoms with Crippen molar-refractivity contribution >= 4 is 11.8 Å². The normalized spacial score (nSPS) is 17.1. The third kappa shape index (κ3) is 4.07. The second kappa shape index (κ2) is 8.36. The number of carbonyl (C=O) groups excluding carboxylic acids is 1. The molecule has 0 radical (unpaired) electrons. The van der Waals surface area contributed by atoms with Crippen LogP contribution in [0.1, 0.15) is 37.4 Å². The highest BCUT2D eigenvalue weighted by Gasteiger charge is 2.22. The van der Waals surface area contributed by atoms with Gasteiger partial charge >= 0.3 is 6.03 Å². The van der Waals surface area contributed by atoms with Gasteiger partial charge in [0.05, 0.1) is 17.5 Å². The van der Waals surface area contributed by atoms with Crippen LogP contribution in [0.3, 0.4) is 0 Å². The Bertz CT molecular complexity index is 736. The van der Waals surface area contributed by atoms with Crippen molar-refractivity contribution in [3.63, 3.8) is 0 Å². The van der Waals surface area contributed by atoms with Crippen LogP contribution >= 0.6 is 0 Å². The Balaban J connectivity index is 1.77. The van der Waals surface area contributed by atoms with E-state index in [1.54, 1.807) is 4.90 Å². The molecule has 1 aliphatic heterocycles. The number of carbonyl (C=O) groups is 1. The van der Waals surface area contributed by atoms with Crippen LogP contribution in [0.4, 0.5) is 10.6 Å². The van der Waals surface area contributed by atoms with Gasteiger partial charge in [-0.3, -0.25) is 5.32 Å². The van der Waals surface area contributed by atoms with E-state index in [-0.39, 0.29) is 12.1 Å². The number of anilines is 1. The van der Waals surface area contributed by atoms with Gasteiger partial charge in [-0.2, -0.15) is 5.10 Å². The Labute approximate surface area is 155 Å². The van der Waals surface area contributed by atoms with E-state index in [9.17, 15) is 4.79 Å². The Morgan fingerprint density at radius 3 is 2.77 bits per heavy atom. The standard InChI is InChI=1S/C20H28N4O2/c1-4-18-15(2)19(24(22-18)16-10-6-5-7-11-16)21-20(25)23(3)14-17-12-8-9-13-26-17/h5-7,10-11,17H,4,8-9,12-14H2,1-3H3,(H,21,25)/t17-/m1/s1. The molecule has 0 unspecified atom stereocenters. The second-order valence-corrected chi connectivity index (χ2v) is 6.82. The van der Waals surface area contributed by atoms with E-state index in [0.29, 0.717) is 6.54 Å². The second-order valence-electron chi connectivity index (χ2n) is 6.82. The number of para-hydroxylation sites is 1. The predicted molar refractivity (Wildman–Crippen MR) is 103 cm³/mol. The molecule has 1 aliphatic rings. The van der Waals surface area contributed by atoms with Crippen molar-refractivity contribution in [3.8, 4) is 5.69 Å². The summed E-state index contributed by atoms with van der Waals surface area (Å²) in [5.41, 5.74) is 2.93. The molecule has 0 saturated carbocycles. The summed E-state index contributed by atoms with van der Waals surface area (Å²) < 4.78 is 7.56. The Kier molecular flexibility index (Phi) is 5.93. The molecular formula is C20H28N4O2. The number of urea groups is 1.